The number of fused-ring (bicyclic) bond motifs is 1. The molecule has 26 heavy (non-hydrogen) atoms. The molecule has 0 aliphatic heterocycles. The fourth-order valence-electron chi connectivity index (χ4n) is 2.68. The Morgan fingerprint density at radius 1 is 1.19 bits per heavy atom. The molecule has 0 saturated heterocycles. The number of pyridine rings is 1. The van der Waals surface area contributed by atoms with Crippen molar-refractivity contribution in [3.63, 3.8) is 0 Å². The molecule has 2 aromatic heterocycles. The molecule has 134 valence electrons. The van der Waals surface area contributed by atoms with Crippen LogP contribution in [0.2, 0.25) is 0 Å². The molecule has 0 spiro atoms. The third kappa shape index (κ3) is 3.37. The van der Waals surface area contributed by atoms with Crippen LogP contribution in [0.3, 0.4) is 0 Å². The van der Waals surface area contributed by atoms with Crippen molar-refractivity contribution in [3.05, 3.63) is 59.0 Å². The topological polar surface area (TPSA) is 77.2 Å². The van der Waals surface area contributed by atoms with E-state index in [0.29, 0.717) is 22.9 Å². The van der Waals surface area contributed by atoms with E-state index in [0.717, 1.165) is 16.8 Å². The molecule has 7 heteroatoms. The van der Waals surface area contributed by atoms with Crippen LogP contribution in [-0.2, 0) is 0 Å². The molecule has 0 bridgehead atoms. The van der Waals surface area contributed by atoms with Crippen LogP contribution in [0.25, 0.3) is 5.65 Å². The minimum atomic E-state index is -0.331. The molecule has 0 atom stereocenters. The van der Waals surface area contributed by atoms with Crippen LogP contribution >= 0.6 is 0 Å². The lowest BCUT2D eigenvalue weighted by Gasteiger charge is -2.07. The van der Waals surface area contributed by atoms with Gasteiger partial charge < -0.3 is 9.47 Å². The fraction of sp³-hybridized carbons (Fsp3) is 0.211. The number of hydrazone groups is 1. The van der Waals surface area contributed by atoms with Crippen molar-refractivity contribution in [1.82, 2.24) is 14.8 Å². The Labute approximate surface area is 151 Å². The van der Waals surface area contributed by atoms with Gasteiger partial charge in [0, 0.05) is 17.8 Å². The van der Waals surface area contributed by atoms with Gasteiger partial charge in [0.1, 0.15) is 22.8 Å². The first-order valence-electron chi connectivity index (χ1n) is 8.04. The molecule has 1 amide bonds. The van der Waals surface area contributed by atoms with E-state index in [1.165, 1.54) is 6.21 Å². The molecular formula is C19H20N4O3. The van der Waals surface area contributed by atoms with E-state index in [1.807, 2.05) is 25.3 Å². The van der Waals surface area contributed by atoms with Gasteiger partial charge in [0.25, 0.3) is 5.91 Å². The maximum absolute atomic E-state index is 12.5. The number of carbonyl (C=O) groups excluding carboxylic acids is 1. The quantitative estimate of drug-likeness (QED) is 0.566. The summed E-state index contributed by atoms with van der Waals surface area (Å²) in [5.41, 5.74) is 6.18. The number of nitrogens with zero attached hydrogens (tertiary/aromatic N) is 3. The van der Waals surface area contributed by atoms with Gasteiger partial charge in [0.05, 0.1) is 26.1 Å². The lowest BCUT2D eigenvalue weighted by molar-refractivity contribution is 0.0948. The van der Waals surface area contributed by atoms with E-state index in [2.05, 4.69) is 15.5 Å². The molecule has 0 aliphatic rings. The van der Waals surface area contributed by atoms with Crippen molar-refractivity contribution in [1.29, 1.82) is 0 Å². The van der Waals surface area contributed by atoms with Gasteiger partial charge in [0.15, 0.2) is 0 Å². The lowest BCUT2D eigenvalue weighted by atomic mass is 10.2. The van der Waals surface area contributed by atoms with Crippen molar-refractivity contribution in [3.8, 4) is 11.5 Å². The first-order valence-corrected chi connectivity index (χ1v) is 8.04. The third-order valence-electron chi connectivity index (χ3n) is 3.98. The molecule has 0 aliphatic carbocycles. The highest BCUT2D eigenvalue weighted by Crippen LogP contribution is 2.23. The highest BCUT2D eigenvalue weighted by atomic mass is 16.5. The van der Waals surface area contributed by atoms with Gasteiger partial charge >= 0.3 is 0 Å². The van der Waals surface area contributed by atoms with Gasteiger partial charge in [-0.05, 0) is 43.7 Å². The number of amides is 1. The summed E-state index contributed by atoms with van der Waals surface area (Å²) in [5.74, 6) is 0.950. The Balaban J connectivity index is 1.81. The third-order valence-corrected chi connectivity index (χ3v) is 3.98. The zero-order chi connectivity index (χ0) is 18.7. The van der Waals surface area contributed by atoms with Crippen LogP contribution in [0.1, 0.15) is 27.3 Å². The molecule has 7 nitrogen and oxygen atoms in total. The summed E-state index contributed by atoms with van der Waals surface area (Å²) in [6.45, 7) is 3.78. The van der Waals surface area contributed by atoms with Crippen molar-refractivity contribution >= 4 is 17.8 Å². The van der Waals surface area contributed by atoms with Crippen molar-refractivity contribution in [2.45, 2.75) is 13.8 Å². The van der Waals surface area contributed by atoms with Crippen molar-refractivity contribution in [2.24, 2.45) is 5.10 Å². The van der Waals surface area contributed by atoms with Gasteiger partial charge in [-0.3, -0.25) is 9.20 Å². The molecule has 1 N–H and O–H groups in total. The smallest absolute Gasteiger partial charge is 0.290 e. The number of carbonyl (C=O) groups is 1. The lowest BCUT2D eigenvalue weighted by Crippen LogP contribution is -2.20. The average molecular weight is 352 g/mol. The molecule has 0 fully saturated rings. The zero-order valence-electron chi connectivity index (χ0n) is 15.1. The Bertz CT molecular complexity index is 992. The first-order chi connectivity index (χ1) is 12.5. The number of methoxy groups -OCH3 is 2. The molecule has 1 aromatic carbocycles. The normalized spacial score (nSPS) is 11.1. The molecule has 0 radical (unpaired) electrons. The summed E-state index contributed by atoms with van der Waals surface area (Å²) < 4.78 is 12.2. The predicted molar refractivity (Wildman–Crippen MR) is 99.3 cm³/mol. The molecule has 3 rings (SSSR count). The van der Waals surface area contributed by atoms with Gasteiger partial charge in [-0.1, -0.05) is 0 Å². The van der Waals surface area contributed by atoms with Gasteiger partial charge in [0.2, 0.25) is 0 Å². The fourth-order valence-corrected chi connectivity index (χ4v) is 2.68. The Kier molecular flexibility index (Phi) is 4.88. The Morgan fingerprint density at radius 3 is 2.73 bits per heavy atom. The molecule has 0 unspecified atom stereocenters. The van der Waals surface area contributed by atoms with Crippen molar-refractivity contribution in [2.75, 3.05) is 14.2 Å². The Hall–Kier alpha value is -3.35. The number of benzene rings is 1. The van der Waals surface area contributed by atoms with Gasteiger partial charge in [-0.25, -0.2) is 10.4 Å². The highest BCUT2D eigenvalue weighted by Gasteiger charge is 2.16. The second-order valence-electron chi connectivity index (χ2n) is 5.79. The number of imidazole rings is 1. The Morgan fingerprint density at radius 2 is 2.00 bits per heavy atom. The van der Waals surface area contributed by atoms with E-state index in [4.69, 9.17) is 9.47 Å². The maximum atomic E-state index is 12.5. The number of aryl methyl sites for hydroxylation is 2. The summed E-state index contributed by atoms with van der Waals surface area (Å²) in [6, 6.07) is 9.20. The van der Waals surface area contributed by atoms with Crippen LogP contribution in [0.15, 0.2) is 41.6 Å². The number of hydrogen-bond donors (Lipinski definition) is 1. The minimum absolute atomic E-state index is 0.331. The molecule has 0 saturated carbocycles. The first kappa shape index (κ1) is 17.5. The number of hydrogen-bond acceptors (Lipinski definition) is 5. The monoisotopic (exact) mass is 352 g/mol. The van der Waals surface area contributed by atoms with Crippen LogP contribution in [0.5, 0.6) is 11.5 Å². The molecular weight excluding hydrogens is 332 g/mol. The largest absolute Gasteiger partial charge is 0.497 e. The van der Waals surface area contributed by atoms with E-state index in [9.17, 15) is 4.79 Å². The summed E-state index contributed by atoms with van der Waals surface area (Å²) in [7, 11) is 3.15. The number of ether oxygens (including phenoxy) is 2. The van der Waals surface area contributed by atoms with E-state index in [-0.39, 0.29) is 5.91 Å². The number of aromatic nitrogens is 2. The van der Waals surface area contributed by atoms with Crippen LogP contribution in [0.4, 0.5) is 0 Å². The van der Waals surface area contributed by atoms with E-state index in [1.54, 1.807) is 43.7 Å². The summed E-state index contributed by atoms with van der Waals surface area (Å²) in [4.78, 5) is 17.0. The summed E-state index contributed by atoms with van der Waals surface area (Å²) >= 11 is 0. The zero-order valence-corrected chi connectivity index (χ0v) is 15.1. The highest BCUT2D eigenvalue weighted by molar-refractivity contribution is 5.95. The van der Waals surface area contributed by atoms with Crippen molar-refractivity contribution < 1.29 is 14.3 Å². The van der Waals surface area contributed by atoms with Crippen LogP contribution in [-0.4, -0.2) is 35.7 Å². The average Bonchev–Trinajstić information content (AvgIpc) is 2.96. The second kappa shape index (κ2) is 7.26. The SMILES string of the molecule is COc1ccc(/C=N\NC(=O)c2c(C)nc3cc(C)ccn23)c(OC)c1. The summed E-state index contributed by atoms with van der Waals surface area (Å²) in [6.07, 6.45) is 3.36. The predicted octanol–water partition coefficient (Wildman–Crippen LogP) is 2.73. The van der Waals surface area contributed by atoms with E-state index >= 15 is 0 Å². The van der Waals surface area contributed by atoms with Gasteiger partial charge in [-0.2, -0.15) is 5.10 Å². The van der Waals surface area contributed by atoms with Crippen LogP contribution in [0, 0.1) is 13.8 Å². The van der Waals surface area contributed by atoms with Crippen LogP contribution < -0.4 is 14.9 Å². The number of rotatable bonds is 5. The second-order valence-corrected chi connectivity index (χ2v) is 5.79. The maximum Gasteiger partial charge on any atom is 0.290 e. The minimum Gasteiger partial charge on any atom is -0.497 e. The molecule has 3 aromatic rings. The number of nitrogens with one attached hydrogen (secondary N) is 1. The summed E-state index contributed by atoms with van der Waals surface area (Å²) in [5, 5.41) is 4.04. The van der Waals surface area contributed by atoms with E-state index < -0.39 is 0 Å². The molecule has 2 heterocycles. The van der Waals surface area contributed by atoms with Gasteiger partial charge in [-0.15, -0.1) is 0 Å². The standard InChI is InChI=1S/C19H20N4O3/c1-12-7-8-23-17(9-12)21-13(2)18(23)19(24)22-20-11-14-5-6-15(25-3)10-16(14)26-4/h5-11H,1-4H3,(H,22,24)/b20-11-.